The third-order valence-corrected chi connectivity index (χ3v) is 5.44. The van der Waals surface area contributed by atoms with Crippen molar-refractivity contribution in [3.8, 4) is 0 Å². The lowest BCUT2D eigenvalue weighted by molar-refractivity contribution is 0.0726. The Morgan fingerprint density at radius 3 is 2.82 bits per heavy atom. The van der Waals surface area contributed by atoms with Crippen molar-refractivity contribution in [2.45, 2.75) is 39.2 Å². The molecule has 0 radical (unpaired) electrons. The number of rotatable bonds is 5. The molecular formula is C19H26N6O3. The number of fused-ring (bicyclic) bond motifs is 1. The third-order valence-electron chi connectivity index (χ3n) is 5.44. The molecule has 9 heteroatoms. The number of amides is 2. The summed E-state index contributed by atoms with van der Waals surface area (Å²) in [6.45, 7) is 6.33. The van der Waals surface area contributed by atoms with E-state index in [9.17, 15) is 9.59 Å². The number of nitrogens with one attached hydrogen (secondary N) is 2. The van der Waals surface area contributed by atoms with Crippen molar-refractivity contribution >= 4 is 11.8 Å². The van der Waals surface area contributed by atoms with Gasteiger partial charge >= 0.3 is 0 Å². The first-order valence-corrected chi connectivity index (χ1v) is 9.90. The van der Waals surface area contributed by atoms with E-state index in [4.69, 9.17) is 4.42 Å². The summed E-state index contributed by atoms with van der Waals surface area (Å²) in [5.41, 5.74) is 2.45. The number of carbonyl (C=O) groups excluding carboxylic acids is 2. The Kier molecular flexibility index (Phi) is 5.43. The number of H-pyrrole nitrogens is 1. The molecule has 150 valence electrons. The van der Waals surface area contributed by atoms with E-state index in [1.54, 1.807) is 11.8 Å². The number of nitrogens with zero attached hydrogens (tertiary/aromatic N) is 4. The van der Waals surface area contributed by atoms with Gasteiger partial charge in [0, 0.05) is 32.1 Å². The highest BCUT2D eigenvalue weighted by atomic mass is 16.3. The molecular weight excluding hydrogens is 360 g/mol. The topological polar surface area (TPSA) is 107 Å². The van der Waals surface area contributed by atoms with Gasteiger partial charge in [0.25, 0.3) is 11.8 Å². The zero-order valence-corrected chi connectivity index (χ0v) is 16.2. The normalized spacial score (nSPS) is 17.4. The highest BCUT2D eigenvalue weighted by Crippen LogP contribution is 2.21. The van der Waals surface area contributed by atoms with Crippen LogP contribution in [0.3, 0.4) is 0 Å². The van der Waals surface area contributed by atoms with Crippen molar-refractivity contribution in [2.75, 3.05) is 32.7 Å². The van der Waals surface area contributed by atoms with Gasteiger partial charge in [-0.25, -0.2) is 4.98 Å². The number of hydrogen-bond donors (Lipinski definition) is 2. The van der Waals surface area contributed by atoms with Crippen LogP contribution in [0, 0.1) is 6.92 Å². The van der Waals surface area contributed by atoms with Gasteiger partial charge in [0.2, 0.25) is 0 Å². The standard InChI is InChI=1S/C19H26N6O3/c1-13-21-16(12-28-13)19(27)25-9-5-14-15(11-25)22-23-17(14)18(26)20-6-10-24-7-3-2-4-8-24/h12H,2-11H2,1H3,(H,20,26)(H,22,23). The van der Waals surface area contributed by atoms with Crippen LogP contribution in [0.5, 0.6) is 0 Å². The molecule has 4 heterocycles. The number of piperidine rings is 1. The molecule has 1 saturated heterocycles. The first-order valence-electron chi connectivity index (χ1n) is 9.90. The maximum absolute atomic E-state index is 12.5. The van der Waals surface area contributed by atoms with Gasteiger partial charge in [0.15, 0.2) is 17.3 Å². The fourth-order valence-electron chi connectivity index (χ4n) is 3.90. The van der Waals surface area contributed by atoms with E-state index in [-0.39, 0.29) is 11.8 Å². The van der Waals surface area contributed by atoms with Crippen LogP contribution in [0.2, 0.25) is 0 Å². The molecule has 4 rings (SSSR count). The van der Waals surface area contributed by atoms with Gasteiger partial charge in [0.05, 0.1) is 12.2 Å². The monoisotopic (exact) mass is 386 g/mol. The molecule has 2 aromatic rings. The number of likely N-dealkylation sites (tertiary alicyclic amines) is 1. The predicted octanol–water partition coefficient (Wildman–Crippen LogP) is 1.12. The first kappa shape index (κ1) is 18.7. The quantitative estimate of drug-likeness (QED) is 0.797. The summed E-state index contributed by atoms with van der Waals surface area (Å²) in [4.78, 5) is 33.3. The summed E-state index contributed by atoms with van der Waals surface area (Å²) in [5.74, 6) is 0.136. The molecule has 1 fully saturated rings. The molecule has 0 spiro atoms. The zero-order chi connectivity index (χ0) is 19.5. The van der Waals surface area contributed by atoms with Crippen LogP contribution in [0.25, 0.3) is 0 Å². The molecule has 0 aromatic carbocycles. The summed E-state index contributed by atoms with van der Waals surface area (Å²) < 4.78 is 5.13. The summed E-state index contributed by atoms with van der Waals surface area (Å²) in [7, 11) is 0. The number of aromatic amines is 1. The van der Waals surface area contributed by atoms with Gasteiger partial charge in [-0.2, -0.15) is 5.10 Å². The zero-order valence-electron chi connectivity index (χ0n) is 16.2. The van der Waals surface area contributed by atoms with Gasteiger partial charge in [0.1, 0.15) is 6.26 Å². The fourth-order valence-corrected chi connectivity index (χ4v) is 3.90. The molecule has 2 aromatic heterocycles. The van der Waals surface area contributed by atoms with E-state index in [0.717, 1.165) is 30.9 Å². The molecule has 2 N–H and O–H groups in total. The smallest absolute Gasteiger partial charge is 0.276 e. The lowest BCUT2D eigenvalue weighted by Gasteiger charge is -2.26. The molecule has 0 atom stereocenters. The van der Waals surface area contributed by atoms with Crippen molar-refractivity contribution in [1.82, 2.24) is 30.3 Å². The maximum Gasteiger partial charge on any atom is 0.276 e. The van der Waals surface area contributed by atoms with E-state index in [0.29, 0.717) is 43.3 Å². The van der Waals surface area contributed by atoms with E-state index in [1.807, 2.05) is 0 Å². The van der Waals surface area contributed by atoms with Crippen molar-refractivity contribution in [3.05, 3.63) is 34.8 Å². The van der Waals surface area contributed by atoms with Gasteiger partial charge in [-0.1, -0.05) is 6.42 Å². The van der Waals surface area contributed by atoms with Gasteiger partial charge in [-0.15, -0.1) is 0 Å². The van der Waals surface area contributed by atoms with Crippen LogP contribution >= 0.6 is 0 Å². The van der Waals surface area contributed by atoms with Crippen LogP contribution < -0.4 is 5.32 Å². The largest absolute Gasteiger partial charge is 0.448 e. The van der Waals surface area contributed by atoms with Crippen molar-refractivity contribution in [2.24, 2.45) is 0 Å². The van der Waals surface area contributed by atoms with Gasteiger partial charge in [-0.05, 0) is 32.4 Å². The molecule has 28 heavy (non-hydrogen) atoms. The third kappa shape index (κ3) is 3.94. The lowest BCUT2D eigenvalue weighted by Crippen LogP contribution is -2.38. The van der Waals surface area contributed by atoms with Crippen LogP contribution in [0.4, 0.5) is 0 Å². The molecule has 2 amide bonds. The Labute approximate surface area is 163 Å². The number of carbonyl (C=O) groups is 2. The minimum Gasteiger partial charge on any atom is -0.448 e. The van der Waals surface area contributed by atoms with E-state index < -0.39 is 0 Å². The van der Waals surface area contributed by atoms with Crippen molar-refractivity contribution in [3.63, 3.8) is 0 Å². The summed E-state index contributed by atoms with van der Waals surface area (Å²) in [6.07, 6.45) is 5.75. The number of aryl methyl sites for hydroxylation is 1. The predicted molar refractivity (Wildman–Crippen MR) is 101 cm³/mol. The minimum absolute atomic E-state index is 0.151. The number of aromatic nitrogens is 3. The molecule has 2 aliphatic heterocycles. The van der Waals surface area contributed by atoms with Crippen molar-refractivity contribution in [1.29, 1.82) is 0 Å². The van der Waals surface area contributed by atoms with Crippen LogP contribution in [0.1, 0.15) is 57.4 Å². The summed E-state index contributed by atoms with van der Waals surface area (Å²) in [6, 6.07) is 0. The second-order valence-corrected chi connectivity index (χ2v) is 7.42. The molecule has 0 saturated carbocycles. The maximum atomic E-state index is 12.5. The lowest BCUT2D eigenvalue weighted by atomic mass is 10.0. The van der Waals surface area contributed by atoms with Crippen LogP contribution in [0.15, 0.2) is 10.7 Å². The molecule has 0 unspecified atom stereocenters. The van der Waals surface area contributed by atoms with Gasteiger partial charge in [-0.3, -0.25) is 14.7 Å². The Balaban J connectivity index is 1.34. The Hall–Kier alpha value is -2.68. The van der Waals surface area contributed by atoms with Crippen molar-refractivity contribution < 1.29 is 14.0 Å². The Bertz CT molecular complexity index is 852. The van der Waals surface area contributed by atoms with E-state index in [1.165, 1.54) is 25.5 Å². The number of hydrogen-bond acceptors (Lipinski definition) is 6. The van der Waals surface area contributed by atoms with Gasteiger partial charge < -0.3 is 19.5 Å². The molecule has 2 aliphatic rings. The SMILES string of the molecule is Cc1nc(C(=O)N2CCc3c(C(=O)NCCN4CCCCC4)n[nH]c3C2)co1. The molecule has 0 aliphatic carbocycles. The highest BCUT2D eigenvalue weighted by molar-refractivity contribution is 5.95. The van der Waals surface area contributed by atoms with Crippen LogP contribution in [-0.2, 0) is 13.0 Å². The second-order valence-electron chi connectivity index (χ2n) is 7.42. The summed E-state index contributed by atoms with van der Waals surface area (Å²) in [5, 5.41) is 10.1. The molecule has 0 bridgehead atoms. The van der Waals surface area contributed by atoms with Crippen LogP contribution in [-0.4, -0.2) is 69.5 Å². The average Bonchev–Trinajstić information content (AvgIpc) is 3.34. The fraction of sp³-hybridized carbons (Fsp3) is 0.579. The molecule has 9 nitrogen and oxygen atoms in total. The second kappa shape index (κ2) is 8.14. The Morgan fingerprint density at radius 1 is 1.25 bits per heavy atom. The minimum atomic E-state index is -0.176. The average molecular weight is 386 g/mol. The van der Waals surface area contributed by atoms with E-state index in [2.05, 4.69) is 25.4 Å². The first-order chi connectivity index (χ1) is 13.6. The number of oxazole rings is 1. The Morgan fingerprint density at radius 2 is 2.07 bits per heavy atom. The van der Waals surface area contributed by atoms with E-state index >= 15 is 0 Å². The highest BCUT2D eigenvalue weighted by Gasteiger charge is 2.29. The summed E-state index contributed by atoms with van der Waals surface area (Å²) >= 11 is 0.